The maximum atomic E-state index is 13.1. The van der Waals surface area contributed by atoms with Crippen LogP contribution in [0.4, 0.5) is 9.93 Å². The molecule has 12 nitrogen and oxygen atoms in total. The van der Waals surface area contributed by atoms with Gasteiger partial charge in [-0.15, -0.1) is 0 Å². The second-order valence-electron chi connectivity index (χ2n) is 10.2. The van der Waals surface area contributed by atoms with Crippen molar-refractivity contribution in [2.75, 3.05) is 83.6 Å². The summed E-state index contributed by atoms with van der Waals surface area (Å²) in [7, 11) is -3.73. The molecule has 2 aliphatic rings. The first kappa shape index (κ1) is 31.0. The zero-order valence-electron chi connectivity index (χ0n) is 24.5. The van der Waals surface area contributed by atoms with E-state index in [4.69, 9.17) is 14.5 Å². The molecule has 5 rings (SSSR count). The van der Waals surface area contributed by atoms with Crippen molar-refractivity contribution in [3.63, 3.8) is 0 Å². The van der Waals surface area contributed by atoms with Gasteiger partial charge < -0.3 is 24.6 Å². The van der Waals surface area contributed by atoms with Crippen LogP contribution in [0.25, 0.3) is 10.2 Å². The van der Waals surface area contributed by atoms with Gasteiger partial charge in [-0.2, -0.15) is 4.31 Å². The smallest absolute Gasteiger partial charge is 0.409 e. The Hall–Kier alpha value is -3.46. The Morgan fingerprint density at radius 2 is 1.65 bits per heavy atom. The number of rotatable bonds is 10. The van der Waals surface area contributed by atoms with Gasteiger partial charge in [-0.1, -0.05) is 17.4 Å². The molecule has 2 amide bonds. The molecular formula is C29H38N6O6S2. The third kappa shape index (κ3) is 7.20. The first-order chi connectivity index (χ1) is 20.8. The van der Waals surface area contributed by atoms with Gasteiger partial charge in [0.05, 0.1) is 22.8 Å². The molecule has 2 fully saturated rings. The Balaban J connectivity index is 1.06. The van der Waals surface area contributed by atoms with E-state index < -0.39 is 16.1 Å². The fourth-order valence-electron chi connectivity index (χ4n) is 5.16. The molecule has 0 radical (unpaired) electrons. The van der Waals surface area contributed by atoms with Crippen molar-refractivity contribution in [2.24, 2.45) is 0 Å². The average molecular weight is 631 g/mol. The minimum atomic E-state index is -3.73. The summed E-state index contributed by atoms with van der Waals surface area (Å²) in [5, 5.41) is 3.94. The summed E-state index contributed by atoms with van der Waals surface area (Å²) in [6.07, 6.45) is -0.432. The van der Waals surface area contributed by atoms with Crippen LogP contribution in [0.15, 0.2) is 47.4 Å². The number of nitrogens with zero attached hydrogens (tertiary/aromatic N) is 5. The van der Waals surface area contributed by atoms with Crippen LogP contribution in [0.5, 0.6) is 5.75 Å². The highest BCUT2D eigenvalue weighted by Crippen LogP contribution is 2.34. The second kappa shape index (κ2) is 13.9. The predicted octanol–water partition coefficient (Wildman–Crippen LogP) is 2.71. The number of para-hydroxylation sites is 1. The molecule has 232 valence electrons. The number of fused-ring (bicyclic) bond motifs is 1. The number of carbonyl (C=O) groups is 2. The van der Waals surface area contributed by atoms with Crippen molar-refractivity contribution in [1.29, 1.82) is 0 Å². The summed E-state index contributed by atoms with van der Waals surface area (Å²) in [6.45, 7) is 10.1. The largest absolute Gasteiger partial charge is 0.492 e. The zero-order valence-corrected chi connectivity index (χ0v) is 26.2. The van der Waals surface area contributed by atoms with Crippen LogP contribution >= 0.6 is 11.3 Å². The number of benzene rings is 2. The van der Waals surface area contributed by atoms with E-state index in [1.165, 1.54) is 33.5 Å². The topological polar surface area (TPSA) is 125 Å². The van der Waals surface area contributed by atoms with Crippen LogP contribution in [-0.4, -0.2) is 118 Å². The molecule has 0 unspecified atom stereocenters. The van der Waals surface area contributed by atoms with Crippen molar-refractivity contribution in [3.8, 4) is 5.75 Å². The van der Waals surface area contributed by atoms with Gasteiger partial charge in [0.15, 0.2) is 5.13 Å². The highest BCUT2D eigenvalue weighted by atomic mass is 32.2. The Morgan fingerprint density at radius 3 is 2.33 bits per heavy atom. The standard InChI is InChI=1S/C29H38N6O6S2/c1-3-40-24-6-5-7-25-26(24)31-28(42-25)33-16-14-32(15-17-33)13-12-30-27(36)22-8-10-23(11-9-22)43(38,39)35-20-18-34(19-21-35)29(37)41-4-2/h5-11H,3-4,12-21H2,1-2H3,(H,30,36). The van der Waals surface area contributed by atoms with Crippen LogP contribution in [0.3, 0.4) is 0 Å². The van der Waals surface area contributed by atoms with Crippen molar-refractivity contribution in [2.45, 2.75) is 18.7 Å². The quantitative estimate of drug-likeness (QED) is 0.360. The number of ether oxygens (including phenoxy) is 2. The molecule has 0 aliphatic carbocycles. The van der Waals surface area contributed by atoms with Gasteiger partial charge >= 0.3 is 6.09 Å². The Kier molecular flexibility index (Phi) is 10.0. The SMILES string of the molecule is CCOC(=O)N1CCN(S(=O)(=O)c2ccc(C(=O)NCCN3CCN(c4nc5c(OCC)cccc5s4)CC3)cc2)CC1. The van der Waals surface area contributed by atoms with Crippen LogP contribution in [0.2, 0.25) is 0 Å². The van der Waals surface area contributed by atoms with Gasteiger partial charge in [0.25, 0.3) is 5.91 Å². The molecule has 2 aliphatic heterocycles. The normalized spacial score (nSPS) is 16.8. The summed E-state index contributed by atoms with van der Waals surface area (Å²) >= 11 is 1.68. The lowest BCUT2D eigenvalue weighted by molar-refractivity contribution is 0.0932. The fourth-order valence-corrected chi connectivity index (χ4v) is 7.62. The lowest BCUT2D eigenvalue weighted by atomic mass is 10.2. The maximum absolute atomic E-state index is 13.1. The third-order valence-corrected chi connectivity index (χ3v) is 10.5. The van der Waals surface area contributed by atoms with Crippen molar-refractivity contribution < 1.29 is 27.5 Å². The highest BCUT2D eigenvalue weighted by Gasteiger charge is 2.30. The Labute approximate surface area is 256 Å². The van der Waals surface area contributed by atoms with E-state index in [9.17, 15) is 18.0 Å². The molecule has 3 aromatic rings. The molecule has 2 saturated heterocycles. The monoisotopic (exact) mass is 630 g/mol. The van der Waals surface area contributed by atoms with Gasteiger partial charge in [0.1, 0.15) is 11.3 Å². The van der Waals surface area contributed by atoms with Gasteiger partial charge in [0, 0.05) is 71.0 Å². The van der Waals surface area contributed by atoms with Crippen LogP contribution in [-0.2, 0) is 14.8 Å². The van der Waals surface area contributed by atoms with Gasteiger partial charge in [-0.3, -0.25) is 9.69 Å². The number of amides is 2. The number of hydrogen-bond donors (Lipinski definition) is 1. The summed E-state index contributed by atoms with van der Waals surface area (Å²) in [6, 6.07) is 12.0. The van der Waals surface area contributed by atoms with Crippen LogP contribution < -0.4 is 15.0 Å². The van der Waals surface area contributed by atoms with Crippen LogP contribution in [0, 0.1) is 0 Å². The van der Waals surface area contributed by atoms with E-state index in [1.54, 1.807) is 18.3 Å². The summed E-state index contributed by atoms with van der Waals surface area (Å²) < 4.78 is 39.4. The van der Waals surface area contributed by atoms with Gasteiger partial charge in [-0.25, -0.2) is 18.2 Å². The maximum Gasteiger partial charge on any atom is 0.409 e. The lowest BCUT2D eigenvalue weighted by Gasteiger charge is -2.34. The Morgan fingerprint density at radius 1 is 0.930 bits per heavy atom. The number of hydrogen-bond acceptors (Lipinski definition) is 10. The first-order valence-corrected chi connectivity index (χ1v) is 16.9. The van der Waals surface area contributed by atoms with E-state index in [2.05, 4.69) is 21.2 Å². The van der Waals surface area contributed by atoms with E-state index >= 15 is 0 Å². The van der Waals surface area contributed by atoms with Gasteiger partial charge in [0.2, 0.25) is 10.0 Å². The van der Waals surface area contributed by atoms with Crippen LogP contribution in [0.1, 0.15) is 24.2 Å². The summed E-state index contributed by atoms with van der Waals surface area (Å²) in [4.78, 5) is 35.7. The first-order valence-electron chi connectivity index (χ1n) is 14.6. The molecule has 14 heteroatoms. The minimum Gasteiger partial charge on any atom is -0.492 e. The lowest BCUT2D eigenvalue weighted by Crippen LogP contribution is -2.50. The highest BCUT2D eigenvalue weighted by molar-refractivity contribution is 7.89. The molecule has 0 saturated carbocycles. The number of piperazine rings is 2. The Bertz CT molecular complexity index is 1510. The minimum absolute atomic E-state index is 0.119. The van der Waals surface area contributed by atoms with E-state index in [1.807, 2.05) is 19.1 Å². The van der Waals surface area contributed by atoms with E-state index in [0.29, 0.717) is 18.7 Å². The molecule has 1 aromatic heterocycles. The number of aromatic nitrogens is 1. The molecule has 43 heavy (non-hydrogen) atoms. The summed E-state index contributed by atoms with van der Waals surface area (Å²) in [5.41, 5.74) is 1.31. The number of anilines is 1. The molecule has 0 spiro atoms. The second-order valence-corrected chi connectivity index (χ2v) is 13.2. The number of carbonyl (C=O) groups excluding carboxylic acids is 2. The predicted molar refractivity (Wildman–Crippen MR) is 166 cm³/mol. The van der Waals surface area contributed by atoms with Crippen molar-refractivity contribution >= 4 is 48.7 Å². The van der Waals surface area contributed by atoms with Crippen molar-refractivity contribution in [3.05, 3.63) is 48.0 Å². The molecule has 2 aromatic carbocycles. The van der Waals surface area contributed by atoms with E-state index in [-0.39, 0.29) is 43.6 Å². The van der Waals surface area contributed by atoms with Crippen molar-refractivity contribution in [1.82, 2.24) is 24.4 Å². The molecular weight excluding hydrogens is 592 g/mol. The molecule has 0 bridgehead atoms. The zero-order chi connectivity index (χ0) is 30.4. The summed E-state index contributed by atoms with van der Waals surface area (Å²) in [5.74, 6) is 0.573. The number of sulfonamides is 1. The molecule has 3 heterocycles. The molecule has 0 atom stereocenters. The van der Waals surface area contributed by atoms with Gasteiger partial charge in [-0.05, 0) is 50.2 Å². The number of nitrogens with one attached hydrogen (secondary N) is 1. The number of thiazole rings is 1. The average Bonchev–Trinajstić information content (AvgIpc) is 3.47. The molecule has 1 N–H and O–H groups in total. The third-order valence-electron chi connectivity index (χ3n) is 7.55. The fraction of sp³-hybridized carbons (Fsp3) is 0.483. The van der Waals surface area contributed by atoms with E-state index in [0.717, 1.165) is 53.8 Å².